The molecule has 0 saturated heterocycles. The molecule has 5 atom stereocenters. The first-order valence-corrected chi connectivity index (χ1v) is 14.0. The van der Waals surface area contributed by atoms with Crippen LogP contribution in [0.1, 0.15) is 40.0 Å². The highest BCUT2D eigenvalue weighted by Crippen LogP contribution is 2.06. The van der Waals surface area contributed by atoms with Crippen LogP contribution in [0.5, 0.6) is 0 Å². The van der Waals surface area contributed by atoms with Crippen molar-refractivity contribution in [2.75, 3.05) is 32.8 Å². The molecule has 0 rings (SSSR count). The van der Waals surface area contributed by atoms with Crippen molar-refractivity contribution in [3.05, 3.63) is 0 Å². The Morgan fingerprint density at radius 3 is 1.60 bits per heavy atom. The number of nitrogens with one attached hydrogen (secondary N) is 8. The molecule has 6 amide bonds. The van der Waals surface area contributed by atoms with Gasteiger partial charge in [-0.25, -0.2) is 4.79 Å². The van der Waals surface area contributed by atoms with Crippen molar-refractivity contribution in [2.45, 2.75) is 70.2 Å². The molecular formula is C25H46N10O10. The second-order valence-electron chi connectivity index (χ2n) is 10.4. The quantitative estimate of drug-likeness (QED) is 0.0314. The molecule has 0 heterocycles. The maximum Gasteiger partial charge on any atom is 0.326 e. The van der Waals surface area contributed by atoms with Crippen LogP contribution >= 0.6 is 0 Å². The number of amides is 6. The summed E-state index contributed by atoms with van der Waals surface area (Å²) in [5, 5.41) is 51.7. The van der Waals surface area contributed by atoms with E-state index in [1.54, 1.807) is 13.8 Å². The van der Waals surface area contributed by atoms with Crippen molar-refractivity contribution in [1.29, 1.82) is 5.41 Å². The molecule has 15 N–H and O–H groups in total. The molecule has 0 aromatic carbocycles. The average Bonchev–Trinajstić information content (AvgIpc) is 2.96. The Balaban J connectivity index is 5.18. The Bertz CT molecular complexity index is 1060. The maximum absolute atomic E-state index is 12.9. The number of rotatable bonds is 21. The van der Waals surface area contributed by atoms with Gasteiger partial charge in [-0.2, -0.15) is 0 Å². The number of nitrogens with two attached hydrogens (primary N) is 2. The standard InChI is InChI=1S/C25H46N10O10/c1-12(2)7-15(21(41)31-9-18(38)32-14(24(44)45)5-4-6-29-25(27)28)34-23(43)17(11-37)35-22(42)16(10-36)33-19(39)8-30-20(40)13(3)26/h12-17,36-37H,4-11,26H2,1-3H3,(H,30,40)(H,31,41)(H,32,38)(H,33,39)(H,34,43)(H,35,42)(H,44,45)(H4,27,28,29)/t13-,14-,15-,16-,17-/m0/s1. The number of aliphatic hydroxyl groups is 2. The highest BCUT2D eigenvalue weighted by Gasteiger charge is 2.30. The zero-order valence-corrected chi connectivity index (χ0v) is 25.5. The average molecular weight is 647 g/mol. The van der Waals surface area contributed by atoms with E-state index in [1.165, 1.54) is 6.92 Å². The lowest BCUT2D eigenvalue weighted by Crippen LogP contribution is -2.59. The Morgan fingerprint density at radius 2 is 1.16 bits per heavy atom. The molecule has 45 heavy (non-hydrogen) atoms. The zero-order chi connectivity index (χ0) is 34.7. The molecule has 20 nitrogen and oxygen atoms in total. The fourth-order valence-corrected chi connectivity index (χ4v) is 3.53. The van der Waals surface area contributed by atoms with Crippen LogP contribution in [-0.4, -0.2) is 126 Å². The van der Waals surface area contributed by atoms with Crippen molar-refractivity contribution >= 4 is 47.4 Å². The first-order chi connectivity index (χ1) is 21.0. The number of carboxylic acids is 1. The summed E-state index contributed by atoms with van der Waals surface area (Å²) in [6.07, 6.45) is 0.362. The van der Waals surface area contributed by atoms with Gasteiger partial charge in [0.15, 0.2) is 5.96 Å². The third-order valence-electron chi connectivity index (χ3n) is 5.87. The number of hydrogen-bond donors (Lipinski definition) is 13. The van der Waals surface area contributed by atoms with E-state index in [-0.39, 0.29) is 37.7 Å². The Morgan fingerprint density at radius 1 is 0.689 bits per heavy atom. The molecule has 0 aromatic rings. The van der Waals surface area contributed by atoms with Crippen LogP contribution < -0.4 is 48.7 Å². The summed E-state index contributed by atoms with van der Waals surface area (Å²) in [4.78, 5) is 85.6. The lowest BCUT2D eigenvalue weighted by atomic mass is 10.0. The predicted molar refractivity (Wildman–Crippen MR) is 158 cm³/mol. The van der Waals surface area contributed by atoms with Crippen LogP contribution in [0, 0.1) is 11.3 Å². The highest BCUT2D eigenvalue weighted by atomic mass is 16.4. The summed E-state index contributed by atoms with van der Waals surface area (Å²) in [6, 6.07) is -6.56. The maximum atomic E-state index is 12.9. The van der Waals surface area contributed by atoms with Crippen molar-refractivity contribution in [3.8, 4) is 0 Å². The van der Waals surface area contributed by atoms with E-state index in [9.17, 15) is 48.9 Å². The SMILES string of the molecule is CC(C)C[C@H](NC(=O)[C@H](CO)NC(=O)[C@H](CO)NC(=O)CNC(=O)[C@H](C)N)C(=O)NCC(=O)N[C@@H](CCCNC(=N)N)C(=O)O. The largest absolute Gasteiger partial charge is 0.480 e. The van der Waals surface area contributed by atoms with Crippen LogP contribution in [0.3, 0.4) is 0 Å². The lowest BCUT2D eigenvalue weighted by Gasteiger charge is -2.24. The van der Waals surface area contributed by atoms with Gasteiger partial charge in [0.1, 0.15) is 24.2 Å². The fourth-order valence-electron chi connectivity index (χ4n) is 3.53. The monoisotopic (exact) mass is 646 g/mol. The van der Waals surface area contributed by atoms with Gasteiger partial charge < -0.3 is 64.0 Å². The molecule has 0 aliphatic heterocycles. The first-order valence-electron chi connectivity index (χ1n) is 14.0. The second-order valence-corrected chi connectivity index (χ2v) is 10.4. The number of aliphatic hydroxyl groups excluding tert-OH is 2. The molecular weight excluding hydrogens is 600 g/mol. The van der Waals surface area contributed by atoms with E-state index >= 15 is 0 Å². The minimum atomic E-state index is -1.61. The normalized spacial score (nSPS) is 14.0. The lowest BCUT2D eigenvalue weighted by molar-refractivity contribution is -0.142. The molecule has 0 fully saturated rings. The number of carbonyl (C=O) groups is 7. The molecule has 0 saturated carbocycles. The summed E-state index contributed by atoms with van der Waals surface area (Å²) in [6.45, 7) is 2.10. The summed E-state index contributed by atoms with van der Waals surface area (Å²) < 4.78 is 0. The highest BCUT2D eigenvalue weighted by molar-refractivity contribution is 5.96. The van der Waals surface area contributed by atoms with Crippen molar-refractivity contribution in [2.24, 2.45) is 17.4 Å². The van der Waals surface area contributed by atoms with Gasteiger partial charge in [-0.15, -0.1) is 0 Å². The van der Waals surface area contributed by atoms with Crippen molar-refractivity contribution in [3.63, 3.8) is 0 Å². The molecule has 20 heteroatoms. The summed E-state index contributed by atoms with van der Waals surface area (Å²) in [5.41, 5.74) is 10.5. The number of hydrogen-bond acceptors (Lipinski definition) is 11. The van der Waals surface area contributed by atoms with Crippen molar-refractivity contribution in [1.82, 2.24) is 37.2 Å². The molecule has 0 aromatic heterocycles. The van der Waals surface area contributed by atoms with Gasteiger partial charge in [-0.1, -0.05) is 13.8 Å². The molecule has 0 spiro atoms. The Hall–Kier alpha value is -4.56. The Labute approximate surface area is 259 Å². The third kappa shape index (κ3) is 17.4. The number of carbonyl (C=O) groups excluding carboxylic acids is 6. The van der Waals surface area contributed by atoms with Crippen molar-refractivity contribution < 1.29 is 48.9 Å². The zero-order valence-electron chi connectivity index (χ0n) is 25.5. The summed E-state index contributed by atoms with van der Waals surface area (Å²) in [5.74, 6) is -6.89. The van der Waals surface area contributed by atoms with Crippen LogP contribution in [0.25, 0.3) is 0 Å². The van der Waals surface area contributed by atoms with E-state index in [1.807, 2.05) is 0 Å². The first kappa shape index (κ1) is 40.4. The van der Waals surface area contributed by atoms with Crippen LogP contribution in [0.2, 0.25) is 0 Å². The molecule has 0 aliphatic carbocycles. The topological polar surface area (TPSA) is 340 Å². The van der Waals surface area contributed by atoms with Crippen LogP contribution in [-0.2, 0) is 33.6 Å². The van der Waals surface area contributed by atoms with Gasteiger partial charge in [-0.05, 0) is 32.1 Å². The minimum absolute atomic E-state index is 0.0144. The van der Waals surface area contributed by atoms with Crippen LogP contribution in [0.4, 0.5) is 0 Å². The van der Waals surface area contributed by atoms with Gasteiger partial charge in [0.2, 0.25) is 35.4 Å². The van der Waals surface area contributed by atoms with E-state index < -0.39 is 97.9 Å². The third-order valence-corrected chi connectivity index (χ3v) is 5.87. The Kier molecular flexibility index (Phi) is 19.0. The molecule has 0 unspecified atom stereocenters. The van der Waals surface area contributed by atoms with Gasteiger partial charge in [0.05, 0.1) is 32.3 Å². The van der Waals surface area contributed by atoms with E-state index in [0.29, 0.717) is 0 Å². The summed E-state index contributed by atoms with van der Waals surface area (Å²) in [7, 11) is 0. The molecule has 0 bridgehead atoms. The fraction of sp³-hybridized carbons (Fsp3) is 0.680. The van der Waals surface area contributed by atoms with Crippen LogP contribution in [0.15, 0.2) is 0 Å². The van der Waals surface area contributed by atoms with Gasteiger partial charge in [0, 0.05) is 6.54 Å². The van der Waals surface area contributed by atoms with Gasteiger partial charge in [0.25, 0.3) is 0 Å². The minimum Gasteiger partial charge on any atom is -0.480 e. The van der Waals surface area contributed by atoms with E-state index in [4.69, 9.17) is 16.9 Å². The van der Waals surface area contributed by atoms with E-state index in [2.05, 4.69) is 37.2 Å². The van der Waals surface area contributed by atoms with Gasteiger partial charge >= 0.3 is 5.97 Å². The molecule has 0 radical (unpaired) electrons. The molecule has 0 aliphatic rings. The van der Waals surface area contributed by atoms with Gasteiger partial charge in [-0.3, -0.25) is 34.2 Å². The predicted octanol–water partition coefficient (Wildman–Crippen LogP) is -6.12. The number of guanidine groups is 1. The number of carboxylic acid groups (broad SMARTS) is 1. The van der Waals surface area contributed by atoms with E-state index in [0.717, 1.165) is 0 Å². The smallest absolute Gasteiger partial charge is 0.326 e. The number of aliphatic carboxylic acids is 1. The summed E-state index contributed by atoms with van der Waals surface area (Å²) >= 11 is 0. The second kappa shape index (κ2) is 21.2. The molecule has 256 valence electrons.